The number of aliphatic hydroxyl groups is 1. The van der Waals surface area contributed by atoms with Crippen LogP contribution >= 0.6 is 0 Å². The maximum absolute atomic E-state index is 14.3. The Morgan fingerprint density at radius 2 is 2.03 bits per heavy atom. The number of halogens is 1. The second-order valence-electron chi connectivity index (χ2n) is 10.4. The van der Waals surface area contributed by atoms with Gasteiger partial charge in [-0.05, 0) is 63.8 Å². The second-order valence-corrected chi connectivity index (χ2v) is 10.4. The molecule has 1 amide bonds. The first-order chi connectivity index (χ1) is 18.7. The first kappa shape index (κ1) is 26.2. The largest absolute Gasteiger partial charge is 0.387 e. The van der Waals surface area contributed by atoms with Crippen LogP contribution in [0.25, 0.3) is 16.9 Å². The summed E-state index contributed by atoms with van der Waals surface area (Å²) in [6.07, 6.45) is 8.13. The molecule has 3 N–H and O–H groups in total. The van der Waals surface area contributed by atoms with Crippen molar-refractivity contribution in [2.75, 3.05) is 11.9 Å². The van der Waals surface area contributed by atoms with Crippen LogP contribution < -0.4 is 10.6 Å². The van der Waals surface area contributed by atoms with E-state index >= 15 is 0 Å². The molecule has 0 bridgehead atoms. The molecule has 39 heavy (non-hydrogen) atoms. The maximum Gasteiger partial charge on any atom is 0.255 e. The van der Waals surface area contributed by atoms with Gasteiger partial charge in [-0.3, -0.25) is 9.78 Å². The summed E-state index contributed by atoms with van der Waals surface area (Å²) in [7, 11) is 0. The number of amides is 1. The zero-order valence-corrected chi connectivity index (χ0v) is 21.8. The van der Waals surface area contributed by atoms with E-state index in [4.69, 9.17) is 0 Å². The number of nitrogens with one attached hydrogen (secondary N) is 2. The van der Waals surface area contributed by atoms with E-state index in [1.807, 2.05) is 16.8 Å². The smallest absolute Gasteiger partial charge is 0.255 e. The Labute approximate surface area is 224 Å². The van der Waals surface area contributed by atoms with Gasteiger partial charge in [-0.2, -0.15) is 15.5 Å². The van der Waals surface area contributed by atoms with Crippen molar-refractivity contribution in [3.63, 3.8) is 0 Å². The lowest BCUT2D eigenvalue weighted by atomic mass is 9.91. The van der Waals surface area contributed by atoms with Crippen molar-refractivity contribution in [1.82, 2.24) is 34.7 Å². The first-order valence-electron chi connectivity index (χ1n) is 12.9. The van der Waals surface area contributed by atoms with Crippen molar-refractivity contribution in [3.8, 4) is 17.5 Å². The van der Waals surface area contributed by atoms with Crippen LogP contribution in [0, 0.1) is 11.3 Å². The van der Waals surface area contributed by atoms with Crippen LogP contribution in [0.15, 0.2) is 49.3 Å². The molecule has 1 saturated carbocycles. The molecule has 0 aromatic carbocycles. The number of nitrogens with zero attached hydrogens (tertiary/aromatic N) is 7. The van der Waals surface area contributed by atoms with E-state index in [-0.39, 0.29) is 24.2 Å². The van der Waals surface area contributed by atoms with Crippen LogP contribution in [0.3, 0.4) is 0 Å². The quantitative estimate of drug-likeness (QED) is 0.314. The average molecular weight is 532 g/mol. The van der Waals surface area contributed by atoms with Crippen LogP contribution in [0.4, 0.5) is 10.1 Å². The number of pyridine rings is 1. The van der Waals surface area contributed by atoms with E-state index in [0.717, 1.165) is 31.2 Å². The van der Waals surface area contributed by atoms with Crippen molar-refractivity contribution in [2.45, 2.75) is 63.4 Å². The molecule has 0 spiro atoms. The van der Waals surface area contributed by atoms with Crippen LogP contribution in [0.2, 0.25) is 0 Å². The molecule has 4 aromatic heterocycles. The first-order valence-corrected chi connectivity index (χ1v) is 12.9. The predicted molar refractivity (Wildman–Crippen MR) is 142 cm³/mol. The Hall–Kier alpha value is -4.37. The Bertz CT molecular complexity index is 1500. The van der Waals surface area contributed by atoms with Gasteiger partial charge in [0.05, 0.1) is 58.1 Å². The highest BCUT2D eigenvalue weighted by Gasteiger charge is 2.28. The minimum absolute atomic E-state index is 0.109. The molecule has 5 rings (SSSR count). The lowest BCUT2D eigenvalue weighted by molar-refractivity contribution is -0.00177. The summed E-state index contributed by atoms with van der Waals surface area (Å²) in [6.45, 7) is 2.39. The molecule has 1 fully saturated rings. The monoisotopic (exact) mass is 531 g/mol. The van der Waals surface area contributed by atoms with Crippen LogP contribution in [0.1, 0.15) is 61.5 Å². The number of aromatic nitrogens is 6. The summed E-state index contributed by atoms with van der Waals surface area (Å²) in [5.41, 5.74) is 1.76. The number of fused-ring (bicyclic) bond motifs is 1. The Morgan fingerprint density at radius 3 is 2.72 bits per heavy atom. The lowest BCUT2D eigenvalue weighted by Crippen LogP contribution is -2.42. The summed E-state index contributed by atoms with van der Waals surface area (Å²) in [4.78, 5) is 21.7. The van der Waals surface area contributed by atoms with Crippen LogP contribution in [-0.2, 0) is 0 Å². The third kappa shape index (κ3) is 5.73. The molecule has 0 radical (unpaired) electrons. The Kier molecular flexibility index (Phi) is 7.26. The SMILES string of the molecule is CC(C)(O)C(F)CNC(=O)c1cnc(-c2ccc3cc(C#N)cnn23)cc1NC1CCC(n2cncn2)CC1. The molecule has 11 nitrogen and oxygen atoms in total. The summed E-state index contributed by atoms with van der Waals surface area (Å²) < 4.78 is 17.9. The van der Waals surface area contributed by atoms with E-state index in [1.54, 1.807) is 23.0 Å². The van der Waals surface area contributed by atoms with Gasteiger partial charge >= 0.3 is 0 Å². The van der Waals surface area contributed by atoms with E-state index in [1.165, 1.54) is 32.6 Å². The molecular formula is C27H30FN9O2. The number of hydrogen-bond acceptors (Lipinski definition) is 8. The molecule has 12 heteroatoms. The van der Waals surface area contributed by atoms with Gasteiger partial charge in [0.2, 0.25) is 0 Å². The van der Waals surface area contributed by atoms with Crippen molar-refractivity contribution >= 4 is 17.1 Å². The van der Waals surface area contributed by atoms with Gasteiger partial charge in [-0.15, -0.1) is 0 Å². The van der Waals surface area contributed by atoms with Gasteiger partial charge in [0, 0.05) is 12.2 Å². The summed E-state index contributed by atoms with van der Waals surface area (Å²) in [5, 5.41) is 33.8. The van der Waals surface area contributed by atoms with Crippen molar-refractivity contribution in [2.24, 2.45) is 0 Å². The molecule has 1 atom stereocenters. The molecule has 0 saturated heterocycles. The van der Waals surface area contributed by atoms with Crippen molar-refractivity contribution < 1.29 is 14.3 Å². The van der Waals surface area contributed by atoms with Crippen LogP contribution in [0.5, 0.6) is 0 Å². The fourth-order valence-corrected chi connectivity index (χ4v) is 4.79. The maximum atomic E-state index is 14.3. The van der Waals surface area contributed by atoms with Gasteiger partial charge < -0.3 is 15.7 Å². The fourth-order valence-electron chi connectivity index (χ4n) is 4.79. The van der Waals surface area contributed by atoms with Gasteiger partial charge in [0.15, 0.2) is 0 Å². The molecule has 1 aliphatic rings. The normalized spacial score (nSPS) is 18.4. The highest BCUT2D eigenvalue weighted by Crippen LogP contribution is 2.32. The number of anilines is 1. The van der Waals surface area contributed by atoms with E-state index in [9.17, 15) is 19.6 Å². The number of carbonyl (C=O) groups excluding carboxylic acids is 1. The predicted octanol–water partition coefficient (Wildman–Crippen LogP) is 3.29. The van der Waals surface area contributed by atoms with Gasteiger partial charge in [0.25, 0.3) is 5.91 Å². The summed E-state index contributed by atoms with van der Waals surface area (Å²) in [5.74, 6) is -0.489. The number of alkyl halides is 1. The molecule has 0 aliphatic heterocycles. The summed E-state index contributed by atoms with van der Waals surface area (Å²) in [6, 6.07) is 9.71. The molecular weight excluding hydrogens is 501 g/mol. The fraction of sp³-hybridized carbons (Fsp3) is 0.407. The van der Waals surface area contributed by atoms with Crippen LogP contribution in [-0.4, -0.2) is 64.7 Å². The molecule has 4 aromatic rings. The minimum Gasteiger partial charge on any atom is -0.387 e. The minimum atomic E-state index is -1.63. The molecule has 1 unspecified atom stereocenters. The Morgan fingerprint density at radius 1 is 1.23 bits per heavy atom. The zero-order valence-electron chi connectivity index (χ0n) is 21.8. The third-order valence-electron chi connectivity index (χ3n) is 7.12. The lowest BCUT2D eigenvalue weighted by Gasteiger charge is -2.30. The number of nitriles is 1. The molecule has 4 heterocycles. The topological polar surface area (TPSA) is 146 Å². The van der Waals surface area contributed by atoms with E-state index in [2.05, 4.69) is 36.9 Å². The average Bonchev–Trinajstić information content (AvgIpc) is 3.61. The highest BCUT2D eigenvalue weighted by molar-refractivity contribution is 6.00. The molecule has 1 aliphatic carbocycles. The van der Waals surface area contributed by atoms with E-state index in [0.29, 0.717) is 22.6 Å². The number of carbonyl (C=O) groups is 1. The van der Waals surface area contributed by atoms with Gasteiger partial charge in [0.1, 0.15) is 24.9 Å². The van der Waals surface area contributed by atoms with Gasteiger partial charge in [-0.25, -0.2) is 18.6 Å². The highest BCUT2D eigenvalue weighted by atomic mass is 19.1. The number of hydrogen-bond donors (Lipinski definition) is 3. The Balaban J connectivity index is 1.41. The summed E-state index contributed by atoms with van der Waals surface area (Å²) >= 11 is 0. The second kappa shape index (κ2) is 10.8. The van der Waals surface area contributed by atoms with Gasteiger partial charge in [-0.1, -0.05) is 0 Å². The van der Waals surface area contributed by atoms with Crippen molar-refractivity contribution in [1.29, 1.82) is 5.26 Å². The molecule has 202 valence electrons. The zero-order chi connectivity index (χ0) is 27.6. The standard InChI is InChI=1S/C27H30FN9O2/c1-27(2,39)25(28)14-32-26(38)21-13-31-23(24-8-7-20-9-17(11-29)12-33-37(20)24)10-22(21)35-18-3-5-19(6-4-18)36-16-30-15-34-36/h7-10,12-13,15-16,18-19,25,39H,3-6,14H2,1-2H3,(H,31,35)(H,32,38). The van der Waals surface area contributed by atoms with Crippen molar-refractivity contribution in [3.05, 3.63) is 60.4 Å². The van der Waals surface area contributed by atoms with E-state index < -0.39 is 17.7 Å². The third-order valence-corrected chi connectivity index (χ3v) is 7.12. The number of rotatable bonds is 8.